The summed E-state index contributed by atoms with van der Waals surface area (Å²) in [5.41, 5.74) is 1.15. The Morgan fingerprint density at radius 2 is 2.11 bits per heavy atom. The lowest BCUT2D eigenvalue weighted by Gasteiger charge is -2.09. The standard InChI is InChI=1S/C12H8Br2ClFN2/c13-7-4-8(14)11(17-5-7)6-18-10-3-1-2-9(15)12(10)16/h1-5,18H,6H2. The topological polar surface area (TPSA) is 24.9 Å². The number of halogens is 4. The smallest absolute Gasteiger partial charge is 0.164 e. The van der Waals surface area contributed by atoms with E-state index in [1.54, 1.807) is 18.3 Å². The Hall–Kier alpha value is -0.650. The van der Waals surface area contributed by atoms with Crippen LogP contribution in [0.4, 0.5) is 10.1 Å². The van der Waals surface area contributed by atoms with E-state index in [9.17, 15) is 4.39 Å². The molecule has 0 aliphatic carbocycles. The van der Waals surface area contributed by atoms with E-state index >= 15 is 0 Å². The van der Waals surface area contributed by atoms with E-state index < -0.39 is 5.82 Å². The number of aromatic nitrogens is 1. The molecule has 0 bridgehead atoms. The van der Waals surface area contributed by atoms with Crippen LogP contribution in [0.1, 0.15) is 5.69 Å². The van der Waals surface area contributed by atoms with Gasteiger partial charge in [0.1, 0.15) is 0 Å². The van der Waals surface area contributed by atoms with E-state index in [0.717, 1.165) is 14.6 Å². The largest absolute Gasteiger partial charge is 0.377 e. The van der Waals surface area contributed by atoms with Crippen molar-refractivity contribution < 1.29 is 4.39 Å². The molecule has 0 spiro atoms. The Morgan fingerprint density at radius 3 is 2.83 bits per heavy atom. The van der Waals surface area contributed by atoms with E-state index in [1.807, 2.05) is 6.07 Å². The molecule has 0 saturated heterocycles. The maximum Gasteiger partial charge on any atom is 0.164 e. The zero-order valence-corrected chi connectivity index (χ0v) is 13.0. The fourth-order valence-corrected chi connectivity index (χ4v) is 2.69. The van der Waals surface area contributed by atoms with Crippen LogP contribution in [0.25, 0.3) is 0 Å². The molecule has 0 radical (unpaired) electrons. The molecule has 0 aliphatic heterocycles. The molecule has 2 rings (SSSR count). The molecule has 2 aromatic rings. The Labute approximate surface area is 126 Å². The number of rotatable bonds is 3. The molecule has 0 fully saturated rings. The molecule has 94 valence electrons. The molecule has 0 saturated carbocycles. The van der Waals surface area contributed by atoms with E-state index in [0.29, 0.717) is 12.2 Å². The predicted octanol–water partition coefficient (Wildman–Crippen LogP) is 5.01. The summed E-state index contributed by atoms with van der Waals surface area (Å²) >= 11 is 12.4. The highest BCUT2D eigenvalue weighted by Crippen LogP contribution is 2.24. The van der Waals surface area contributed by atoms with Crippen LogP contribution < -0.4 is 5.32 Å². The molecule has 6 heteroatoms. The van der Waals surface area contributed by atoms with Gasteiger partial charge in [0, 0.05) is 15.1 Å². The van der Waals surface area contributed by atoms with Gasteiger partial charge in [0.15, 0.2) is 5.82 Å². The summed E-state index contributed by atoms with van der Waals surface area (Å²) in [6.07, 6.45) is 1.69. The Kier molecular flexibility index (Phi) is 4.59. The van der Waals surface area contributed by atoms with Crippen molar-refractivity contribution in [2.24, 2.45) is 0 Å². The summed E-state index contributed by atoms with van der Waals surface area (Å²) in [7, 11) is 0. The number of nitrogens with one attached hydrogen (secondary N) is 1. The van der Waals surface area contributed by atoms with Crippen molar-refractivity contribution in [3.8, 4) is 0 Å². The van der Waals surface area contributed by atoms with Crippen molar-refractivity contribution in [3.05, 3.63) is 55.9 Å². The minimum Gasteiger partial charge on any atom is -0.377 e. The molecule has 1 heterocycles. The van der Waals surface area contributed by atoms with E-state index in [4.69, 9.17) is 11.6 Å². The molecule has 2 nitrogen and oxygen atoms in total. The second-order valence-corrected chi connectivity index (χ2v) is 5.71. The number of benzene rings is 1. The molecule has 0 amide bonds. The molecule has 0 aliphatic rings. The maximum absolute atomic E-state index is 13.6. The lowest BCUT2D eigenvalue weighted by Crippen LogP contribution is -2.04. The lowest BCUT2D eigenvalue weighted by atomic mass is 10.3. The van der Waals surface area contributed by atoms with Crippen LogP contribution >= 0.6 is 43.5 Å². The fourth-order valence-electron chi connectivity index (χ4n) is 1.39. The van der Waals surface area contributed by atoms with Gasteiger partial charge in [-0.1, -0.05) is 17.7 Å². The van der Waals surface area contributed by atoms with Crippen LogP contribution in [-0.2, 0) is 6.54 Å². The van der Waals surface area contributed by atoms with Crippen molar-refractivity contribution >= 4 is 49.1 Å². The SMILES string of the molecule is Fc1c(Cl)cccc1NCc1ncc(Br)cc1Br. The zero-order chi connectivity index (χ0) is 13.1. The molecular weight excluding hydrogens is 386 g/mol. The van der Waals surface area contributed by atoms with Crippen LogP contribution in [-0.4, -0.2) is 4.98 Å². The highest BCUT2D eigenvalue weighted by molar-refractivity contribution is 9.11. The summed E-state index contributed by atoms with van der Waals surface area (Å²) in [6.45, 7) is 0.408. The Bertz CT molecular complexity index is 578. The number of anilines is 1. The van der Waals surface area contributed by atoms with Crippen molar-refractivity contribution in [2.45, 2.75) is 6.54 Å². The van der Waals surface area contributed by atoms with Crippen molar-refractivity contribution in [2.75, 3.05) is 5.32 Å². The summed E-state index contributed by atoms with van der Waals surface area (Å²) in [4.78, 5) is 4.23. The number of hydrogen-bond donors (Lipinski definition) is 1. The van der Waals surface area contributed by atoms with Gasteiger partial charge in [-0.2, -0.15) is 0 Å². The van der Waals surface area contributed by atoms with Crippen molar-refractivity contribution in [1.82, 2.24) is 4.98 Å². The second-order valence-electron chi connectivity index (χ2n) is 3.54. The molecule has 1 N–H and O–H groups in total. The summed E-state index contributed by atoms with van der Waals surface area (Å²) < 4.78 is 15.4. The highest BCUT2D eigenvalue weighted by Gasteiger charge is 2.07. The molecule has 1 aromatic heterocycles. The van der Waals surface area contributed by atoms with Gasteiger partial charge >= 0.3 is 0 Å². The van der Waals surface area contributed by atoms with Gasteiger partial charge in [0.2, 0.25) is 0 Å². The van der Waals surface area contributed by atoms with Gasteiger partial charge in [-0.3, -0.25) is 4.98 Å². The van der Waals surface area contributed by atoms with Gasteiger partial charge in [0.05, 0.1) is 22.9 Å². The summed E-state index contributed by atoms with van der Waals surface area (Å²) in [5, 5.41) is 3.06. The quantitative estimate of drug-likeness (QED) is 0.792. The average molecular weight is 394 g/mol. The van der Waals surface area contributed by atoms with E-state index in [1.165, 1.54) is 6.07 Å². The molecule has 0 atom stereocenters. The van der Waals surface area contributed by atoms with Crippen molar-refractivity contribution in [1.29, 1.82) is 0 Å². The minimum absolute atomic E-state index is 0.0998. The first-order valence-electron chi connectivity index (χ1n) is 5.05. The van der Waals surface area contributed by atoms with Gasteiger partial charge in [-0.05, 0) is 50.1 Å². The fraction of sp³-hybridized carbons (Fsp3) is 0.0833. The third-order valence-corrected chi connectivity index (χ3v) is 3.69. The summed E-state index contributed by atoms with van der Waals surface area (Å²) in [5.74, 6) is -0.451. The van der Waals surface area contributed by atoms with E-state index in [2.05, 4.69) is 42.2 Å². The lowest BCUT2D eigenvalue weighted by molar-refractivity contribution is 0.630. The minimum atomic E-state index is -0.451. The van der Waals surface area contributed by atoms with Crippen molar-refractivity contribution in [3.63, 3.8) is 0 Å². The average Bonchev–Trinajstić information content (AvgIpc) is 2.33. The van der Waals surface area contributed by atoms with Gasteiger partial charge in [-0.15, -0.1) is 0 Å². The second kappa shape index (κ2) is 5.99. The van der Waals surface area contributed by atoms with Crippen LogP contribution in [0.5, 0.6) is 0 Å². The van der Waals surface area contributed by atoms with Crippen LogP contribution in [0.2, 0.25) is 5.02 Å². The summed E-state index contributed by atoms with van der Waals surface area (Å²) in [6, 6.07) is 6.72. The van der Waals surface area contributed by atoms with Crippen LogP contribution in [0.15, 0.2) is 39.4 Å². The van der Waals surface area contributed by atoms with Crippen LogP contribution in [0, 0.1) is 5.82 Å². The zero-order valence-electron chi connectivity index (χ0n) is 9.05. The first-order chi connectivity index (χ1) is 8.58. The first-order valence-corrected chi connectivity index (χ1v) is 7.02. The number of nitrogens with zero attached hydrogens (tertiary/aromatic N) is 1. The molecule has 18 heavy (non-hydrogen) atoms. The van der Waals surface area contributed by atoms with Gasteiger partial charge < -0.3 is 5.32 Å². The molecular formula is C12H8Br2ClFN2. The Balaban J connectivity index is 2.14. The number of hydrogen-bond acceptors (Lipinski definition) is 2. The van der Waals surface area contributed by atoms with Gasteiger partial charge in [-0.25, -0.2) is 4.39 Å². The van der Waals surface area contributed by atoms with E-state index in [-0.39, 0.29) is 5.02 Å². The molecule has 0 unspecified atom stereocenters. The predicted molar refractivity (Wildman–Crippen MR) is 78.4 cm³/mol. The normalized spacial score (nSPS) is 10.4. The monoisotopic (exact) mass is 392 g/mol. The molecule has 1 aromatic carbocycles. The third kappa shape index (κ3) is 3.22. The third-order valence-electron chi connectivity index (χ3n) is 2.28. The first kappa shape index (κ1) is 13.8. The highest BCUT2D eigenvalue weighted by atomic mass is 79.9. The number of pyridine rings is 1. The Morgan fingerprint density at radius 1 is 1.33 bits per heavy atom. The van der Waals surface area contributed by atoms with Gasteiger partial charge in [0.25, 0.3) is 0 Å². The maximum atomic E-state index is 13.6. The van der Waals surface area contributed by atoms with Crippen LogP contribution in [0.3, 0.4) is 0 Å².